The number of benzene rings is 1. The van der Waals surface area contributed by atoms with Gasteiger partial charge in [0.1, 0.15) is 0 Å². The molecule has 0 amide bonds. The maximum Gasteiger partial charge on any atom is 0.166 e. The summed E-state index contributed by atoms with van der Waals surface area (Å²) in [5.41, 5.74) is 3.75. The lowest BCUT2D eigenvalue weighted by atomic mass is 9.89. The first-order chi connectivity index (χ1) is 8.62. The van der Waals surface area contributed by atoms with Crippen LogP contribution in [0.5, 0.6) is 0 Å². The van der Waals surface area contributed by atoms with E-state index in [-0.39, 0.29) is 0 Å². The molecule has 2 heteroatoms. The predicted molar refractivity (Wildman–Crippen MR) is 72.9 cm³/mol. The van der Waals surface area contributed by atoms with Gasteiger partial charge in [-0.05, 0) is 68.8 Å². The van der Waals surface area contributed by atoms with Crippen molar-refractivity contribution in [2.24, 2.45) is 11.3 Å². The lowest BCUT2D eigenvalue weighted by Gasteiger charge is -2.23. The summed E-state index contributed by atoms with van der Waals surface area (Å²) >= 11 is 0. The van der Waals surface area contributed by atoms with Crippen molar-refractivity contribution in [2.45, 2.75) is 33.1 Å². The quantitative estimate of drug-likeness (QED) is 0.809. The highest BCUT2D eigenvalue weighted by molar-refractivity contribution is 6.00. The molecule has 0 radical (unpaired) electrons. The molecule has 1 unspecified atom stereocenters. The van der Waals surface area contributed by atoms with Crippen molar-refractivity contribution in [1.29, 1.82) is 0 Å². The highest BCUT2D eigenvalue weighted by Crippen LogP contribution is 2.59. The molecule has 1 saturated carbocycles. The summed E-state index contributed by atoms with van der Waals surface area (Å²) in [5, 5.41) is 3.38. The molecule has 1 N–H and O–H groups in total. The first kappa shape index (κ1) is 11.9. The van der Waals surface area contributed by atoms with Gasteiger partial charge in [0.15, 0.2) is 5.78 Å². The zero-order valence-corrected chi connectivity index (χ0v) is 11.3. The van der Waals surface area contributed by atoms with Gasteiger partial charge in [-0.25, -0.2) is 0 Å². The number of hydrogen-bond acceptors (Lipinski definition) is 2. The van der Waals surface area contributed by atoms with Gasteiger partial charge in [0, 0.05) is 11.5 Å². The average Bonchev–Trinajstić information content (AvgIpc) is 3.06. The number of aryl methyl sites for hydroxylation is 2. The molecule has 2 fully saturated rings. The fourth-order valence-corrected chi connectivity index (χ4v) is 3.29. The van der Waals surface area contributed by atoms with Crippen LogP contribution in [-0.4, -0.2) is 18.9 Å². The van der Waals surface area contributed by atoms with Gasteiger partial charge >= 0.3 is 0 Å². The van der Waals surface area contributed by atoms with Crippen LogP contribution in [0.1, 0.15) is 40.7 Å². The smallest absolute Gasteiger partial charge is 0.166 e. The van der Waals surface area contributed by atoms with E-state index in [2.05, 4.69) is 31.3 Å². The number of rotatable bonds is 2. The Morgan fingerprint density at radius 3 is 2.61 bits per heavy atom. The minimum atomic E-state index is 0.293. The van der Waals surface area contributed by atoms with Gasteiger partial charge in [0.25, 0.3) is 0 Å². The Balaban J connectivity index is 1.78. The lowest BCUT2D eigenvalue weighted by molar-refractivity contribution is 0.0940. The normalized spacial score (nSPS) is 25.1. The van der Waals surface area contributed by atoms with E-state index in [4.69, 9.17) is 0 Å². The molecular formula is C16H21NO. The van der Waals surface area contributed by atoms with Crippen molar-refractivity contribution in [3.8, 4) is 0 Å². The number of carbonyl (C=O) groups excluding carboxylic acids is 1. The largest absolute Gasteiger partial charge is 0.317 e. The van der Waals surface area contributed by atoms with Crippen molar-refractivity contribution in [1.82, 2.24) is 5.32 Å². The summed E-state index contributed by atoms with van der Waals surface area (Å²) in [6, 6.07) is 6.13. The highest BCUT2D eigenvalue weighted by atomic mass is 16.1. The molecule has 3 rings (SSSR count). The predicted octanol–water partition coefficient (Wildman–Crippen LogP) is 2.88. The van der Waals surface area contributed by atoms with Gasteiger partial charge in [0.2, 0.25) is 0 Å². The van der Waals surface area contributed by atoms with Gasteiger partial charge in [0.05, 0.1) is 0 Å². The van der Waals surface area contributed by atoms with Crippen LogP contribution in [0.15, 0.2) is 18.2 Å². The van der Waals surface area contributed by atoms with Crippen LogP contribution < -0.4 is 5.32 Å². The van der Waals surface area contributed by atoms with Crippen molar-refractivity contribution >= 4 is 5.78 Å². The number of nitrogens with one attached hydrogen (secondary N) is 1. The summed E-state index contributed by atoms with van der Waals surface area (Å²) in [6.07, 6.45) is 3.46. The van der Waals surface area contributed by atoms with Gasteiger partial charge in [-0.15, -0.1) is 0 Å². The third-order valence-corrected chi connectivity index (χ3v) is 4.90. The fourth-order valence-electron chi connectivity index (χ4n) is 3.29. The average molecular weight is 243 g/mol. The van der Waals surface area contributed by atoms with Gasteiger partial charge < -0.3 is 5.32 Å². The van der Waals surface area contributed by atoms with E-state index < -0.39 is 0 Å². The Morgan fingerprint density at radius 2 is 1.94 bits per heavy atom. The Hall–Kier alpha value is -1.15. The molecule has 1 spiro atoms. The zero-order valence-electron chi connectivity index (χ0n) is 11.3. The summed E-state index contributed by atoms with van der Waals surface area (Å²) in [4.78, 5) is 12.5. The van der Waals surface area contributed by atoms with Gasteiger partial charge in [-0.2, -0.15) is 0 Å². The number of carbonyl (C=O) groups is 1. The molecule has 0 bridgehead atoms. The Labute approximate surface area is 109 Å². The maximum atomic E-state index is 12.5. The topological polar surface area (TPSA) is 29.1 Å². The molecule has 1 saturated heterocycles. The minimum absolute atomic E-state index is 0.293. The molecule has 96 valence electrons. The second-order valence-electron chi connectivity index (χ2n) is 6.03. The van der Waals surface area contributed by atoms with Crippen molar-refractivity contribution in [2.75, 3.05) is 13.1 Å². The van der Waals surface area contributed by atoms with E-state index in [9.17, 15) is 4.79 Å². The summed E-state index contributed by atoms with van der Waals surface area (Å²) < 4.78 is 0. The standard InChI is InChI=1S/C16H21NO/c1-11-3-4-13(9-12(11)2)15(18)14-10-16(14)5-7-17-8-6-16/h3-4,9,14,17H,5-8,10H2,1-2H3. The third-order valence-electron chi connectivity index (χ3n) is 4.90. The molecule has 1 atom stereocenters. The highest BCUT2D eigenvalue weighted by Gasteiger charge is 2.57. The SMILES string of the molecule is Cc1ccc(C(=O)C2CC23CCNCC3)cc1C. The third kappa shape index (κ3) is 1.89. The first-order valence-corrected chi connectivity index (χ1v) is 6.95. The summed E-state index contributed by atoms with van der Waals surface area (Å²) in [5.74, 6) is 0.668. The summed E-state index contributed by atoms with van der Waals surface area (Å²) in [7, 11) is 0. The van der Waals surface area contributed by atoms with E-state index in [1.165, 1.54) is 24.0 Å². The van der Waals surface area contributed by atoms with E-state index in [0.29, 0.717) is 17.1 Å². The molecule has 2 nitrogen and oxygen atoms in total. The monoisotopic (exact) mass is 243 g/mol. The Bertz CT molecular complexity index is 486. The van der Waals surface area contributed by atoms with E-state index in [0.717, 1.165) is 25.1 Å². The molecular weight excluding hydrogens is 222 g/mol. The molecule has 1 heterocycles. The second-order valence-corrected chi connectivity index (χ2v) is 6.03. The van der Waals surface area contributed by atoms with E-state index in [1.807, 2.05) is 6.07 Å². The van der Waals surface area contributed by atoms with E-state index in [1.54, 1.807) is 0 Å². The van der Waals surface area contributed by atoms with Crippen molar-refractivity contribution in [3.63, 3.8) is 0 Å². The molecule has 1 aromatic rings. The van der Waals surface area contributed by atoms with Crippen molar-refractivity contribution in [3.05, 3.63) is 34.9 Å². The number of ketones is 1. The number of piperidine rings is 1. The number of Topliss-reactive ketones (excluding diaryl/α,β-unsaturated/α-hetero) is 1. The minimum Gasteiger partial charge on any atom is -0.317 e. The first-order valence-electron chi connectivity index (χ1n) is 6.95. The van der Waals surface area contributed by atoms with E-state index >= 15 is 0 Å². The maximum absolute atomic E-state index is 12.5. The van der Waals surface area contributed by atoms with Crippen LogP contribution in [0.25, 0.3) is 0 Å². The van der Waals surface area contributed by atoms with Crippen LogP contribution >= 0.6 is 0 Å². The van der Waals surface area contributed by atoms with Crippen LogP contribution in [0.4, 0.5) is 0 Å². The van der Waals surface area contributed by atoms with Gasteiger partial charge in [-0.3, -0.25) is 4.79 Å². The van der Waals surface area contributed by atoms with Crippen LogP contribution in [-0.2, 0) is 0 Å². The molecule has 1 aliphatic heterocycles. The van der Waals surface area contributed by atoms with Crippen molar-refractivity contribution < 1.29 is 4.79 Å². The fraction of sp³-hybridized carbons (Fsp3) is 0.562. The Morgan fingerprint density at radius 1 is 1.22 bits per heavy atom. The van der Waals surface area contributed by atoms with Crippen LogP contribution in [0, 0.1) is 25.2 Å². The molecule has 1 aromatic carbocycles. The zero-order chi connectivity index (χ0) is 12.8. The lowest BCUT2D eigenvalue weighted by Crippen LogP contribution is -2.30. The van der Waals surface area contributed by atoms with Gasteiger partial charge in [-0.1, -0.05) is 12.1 Å². The molecule has 0 aromatic heterocycles. The summed E-state index contributed by atoms with van der Waals surface area (Å²) in [6.45, 7) is 6.34. The number of hydrogen-bond donors (Lipinski definition) is 1. The molecule has 2 aliphatic rings. The Kier molecular flexibility index (Phi) is 2.78. The van der Waals surface area contributed by atoms with Crippen LogP contribution in [0.2, 0.25) is 0 Å². The molecule has 1 aliphatic carbocycles. The van der Waals surface area contributed by atoms with Crippen LogP contribution in [0.3, 0.4) is 0 Å². The second kappa shape index (κ2) is 4.20. The molecule has 18 heavy (non-hydrogen) atoms.